The highest BCUT2D eigenvalue weighted by Crippen LogP contribution is 2.17. The Labute approximate surface area is 130 Å². The van der Waals surface area contributed by atoms with Crippen molar-refractivity contribution in [2.24, 2.45) is 16.0 Å². The Morgan fingerprint density at radius 2 is 2.29 bits per heavy atom. The zero-order valence-corrected chi connectivity index (χ0v) is 13.3. The zero-order chi connectivity index (χ0) is 14.8. The summed E-state index contributed by atoms with van der Waals surface area (Å²) in [5.41, 5.74) is 5.75. The first kappa shape index (κ1) is 17.7. The third kappa shape index (κ3) is 4.29. The van der Waals surface area contributed by atoms with Crippen molar-refractivity contribution in [3.05, 3.63) is 23.9 Å². The predicted molar refractivity (Wildman–Crippen MR) is 83.6 cm³/mol. The number of carbonyl (C=O) groups excluding carboxylic acids is 1. The van der Waals surface area contributed by atoms with Crippen molar-refractivity contribution in [1.29, 1.82) is 0 Å². The van der Waals surface area contributed by atoms with E-state index < -0.39 is 10.0 Å². The summed E-state index contributed by atoms with van der Waals surface area (Å²) >= 11 is 0. The molecule has 0 fully saturated rings. The van der Waals surface area contributed by atoms with Crippen molar-refractivity contribution < 1.29 is 13.2 Å². The minimum Gasteiger partial charge on any atom is -0.352 e. The van der Waals surface area contributed by atoms with Gasteiger partial charge in [0.2, 0.25) is 0 Å². The second-order valence-corrected chi connectivity index (χ2v) is 6.62. The second kappa shape index (κ2) is 7.06. The van der Waals surface area contributed by atoms with Gasteiger partial charge in [-0.2, -0.15) is 0 Å². The predicted octanol–water partition coefficient (Wildman–Crippen LogP) is -0.383. The first-order valence-corrected chi connectivity index (χ1v) is 8.00. The molecule has 0 saturated heterocycles. The number of fused-ring (bicyclic) bond motifs is 1. The lowest BCUT2D eigenvalue weighted by Gasteiger charge is -2.28. The van der Waals surface area contributed by atoms with Crippen LogP contribution in [0.1, 0.15) is 6.92 Å². The molecule has 0 spiro atoms. The van der Waals surface area contributed by atoms with Crippen LogP contribution in [-0.4, -0.2) is 50.4 Å². The molecule has 2 aliphatic heterocycles. The molecule has 7 nitrogen and oxygen atoms in total. The van der Waals surface area contributed by atoms with Crippen molar-refractivity contribution in [2.45, 2.75) is 6.92 Å². The summed E-state index contributed by atoms with van der Waals surface area (Å²) in [6, 6.07) is 0. The summed E-state index contributed by atoms with van der Waals surface area (Å²) in [7, 11) is -3.48. The summed E-state index contributed by atoms with van der Waals surface area (Å²) in [4.78, 5) is 13.8. The number of hydrogen-bond donors (Lipinski definition) is 2. The molecule has 118 valence electrons. The largest absolute Gasteiger partial charge is 0.352 e. The van der Waals surface area contributed by atoms with Crippen LogP contribution in [0.5, 0.6) is 0 Å². The number of carbonyl (C=O) groups is 1. The van der Waals surface area contributed by atoms with E-state index in [1.807, 2.05) is 6.92 Å². The number of amides is 1. The van der Waals surface area contributed by atoms with E-state index in [1.165, 1.54) is 0 Å². The molecule has 9 heteroatoms. The molecule has 2 rings (SSSR count). The molecular formula is C12H19ClN4O3S. The topological polar surface area (TPSA) is 105 Å². The highest BCUT2D eigenvalue weighted by atomic mass is 35.5. The van der Waals surface area contributed by atoms with Crippen LogP contribution in [0, 0.1) is 5.92 Å². The Kier molecular flexibility index (Phi) is 5.94. The summed E-state index contributed by atoms with van der Waals surface area (Å²) in [6.45, 7) is 3.14. The van der Waals surface area contributed by atoms with Crippen LogP contribution in [0.15, 0.2) is 28.3 Å². The molecule has 2 heterocycles. The number of nitrogens with one attached hydrogen (secondary N) is 1. The summed E-state index contributed by atoms with van der Waals surface area (Å²) in [5, 5.41) is 2.74. The van der Waals surface area contributed by atoms with Crippen molar-refractivity contribution in [3.8, 4) is 0 Å². The van der Waals surface area contributed by atoms with E-state index in [0.717, 1.165) is 0 Å². The molecule has 0 bridgehead atoms. The minimum atomic E-state index is -3.48. The molecular weight excluding hydrogens is 316 g/mol. The third-order valence-corrected chi connectivity index (χ3v) is 4.27. The maximum absolute atomic E-state index is 12.1. The van der Waals surface area contributed by atoms with E-state index in [4.69, 9.17) is 5.73 Å². The quantitative estimate of drug-likeness (QED) is 0.729. The zero-order valence-electron chi connectivity index (χ0n) is 11.7. The average Bonchev–Trinajstić information content (AvgIpc) is 2.42. The Bertz CT molecular complexity index is 598. The molecule has 0 radical (unpaired) electrons. The van der Waals surface area contributed by atoms with Crippen molar-refractivity contribution >= 4 is 34.2 Å². The molecule has 0 aromatic rings. The van der Waals surface area contributed by atoms with Gasteiger partial charge in [-0.1, -0.05) is 6.92 Å². The summed E-state index contributed by atoms with van der Waals surface area (Å²) in [5.74, 6) is -0.0288. The fraction of sp³-hybridized carbons (Fsp3) is 0.500. The molecule has 0 saturated carbocycles. The second-order valence-electron chi connectivity index (χ2n) is 4.87. The van der Waals surface area contributed by atoms with Crippen LogP contribution >= 0.6 is 12.4 Å². The van der Waals surface area contributed by atoms with Gasteiger partial charge in [-0.25, -0.2) is 8.42 Å². The van der Waals surface area contributed by atoms with E-state index in [-0.39, 0.29) is 41.4 Å². The molecule has 0 aromatic heterocycles. The SMILES string of the molecule is CC(CN)CNC(=O)C1=CC=CN2CCS(=O)(=O)N=C12.Cl. The van der Waals surface area contributed by atoms with Crippen LogP contribution in [0.25, 0.3) is 0 Å². The van der Waals surface area contributed by atoms with E-state index >= 15 is 0 Å². The number of hydrogen-bond acceptors (Lipinski definition) is 5. The number of sulfonamides is 1. The Hall–Kier alpha value is -1.38. The normalized spacial score (nSPS) is 20.6. The van der Waals surface area contributed by atoms with Gasteiger partial charge in [0, 0.05) is 19.3 Å². The van der Waals surface area contributed by atoms with Gasteiger partial charge in [0.1, 0.15) is 0 Å². The van der Waals surface area contributed by atoms with Crippen LogP contribution in [-0.2, 0) is 14.8 Å². The number of nitrogens with zero attached hydrogens (tertiary/aromatic N) is 2. The standard InChI is InChI=1S/C12H18N4O3S.ClH/c1-9(7-13)8-14-12(17)10-3-2-4-16-5-6-20(18,19)15-11(10)16;/h2-4,9H,5-8,13H2,1H3,(H,14,17);1H. The summed E-state index contributed by atoms with van der Waals surface area (Å²) < 4.78 is 26.8. The van der Waals surface area contributed by atoms with E-state index in [9.17, 15) is 13.2 Å². The molecule has 1 unspecified atom stereocenters. The lowest BCUT2D eigenvalue weighted by Crippen LogP contribution is -2.43. The van der Waals surface area contributed by atoms with E-state index in [2.05, 4.69) is 9.71 Å². The van der Waals surface area contributed by atoms with Gasteiger partial charge in [0.15, 0.2) is 5.84 Å². The maximum Gasteiger partial charge on any atom is 0.256 e. The van der Waals surface area contributed by atoms with Crippen molar-refractivity contribution in [3.63, 3.8) is 0 Å². The van der Waals surface area contributed by atoms with Gasteiger partial charge >= 0.3 is 0 Å². The number of allylic oxidation sites excluding steroid dienone is 2. The first-order valence-electron chi connectivity index (χ1n) is 6.39. The van der Waals surface area contributed by atoms with Gasteiger partial charge in [0.05, 0.1) is 11.3 Å². The average molecular weight is 335 g/mol. The van der Waals surface area contributed by atoms with Gasteiger partial charge in [0.25, 0.3) is 15.9 Å². The highest BCUT2D eigenvalue weighted by molar-refractivity contribution is 7.90. The van der Waals surface area contributed by atoms with Crippen LogP contribution in [0.3, 0.4) is 0 Å². The maximum atomic E-state index is 12.1. The van der Waals surface area contributed by atoms with Crippen molar-refractivity contribution in [2.75, 3.05) is 25.4 Å². The molecule has 0 aromatic carbocycles. The molecule has 3 N–H and O–H groups in total. The Morgan fingerprint density at radius 1 is 1.57 bits per heavy atom. The lowest BCUT2D eigenvalue weighted by atomic mass is 10.1. The van der Waals surface area contributed by atoms with Crippen LogP contribution in [0.4, 0.5) is 0 Å². The highest BCUT2D eigenvalue weighted by Gasteiger charge is 2.29. The molecule has 1 amide bonds. The summed E-state index contributed by atoms with van der Waals surface area (Å²) in [6.07, 6.45) is 4.99. The molecule has 2 aliphatic rings. The number of amidine groups is 1. The van der Waals surface area contributed by atoms with E-state index in [1.54, 1.807) is 23.3 Å². The lowest BCUT2D eigenvalue weighted by molar-refractivity contribution is -0.117. The number of halogens is 1. The van der Waals surface area contributed by atoms with Gasteiger partial charge in [-0.3, -0.25) is 4.79 Å². The molecule has 1 atom stereocenters. The van der Waals surface area contributed by atoms with Crippen LogP contribution in [0.2, 0.25) is 0 Å². The minimum absolute atomic E-state index is 0. The smallest absolute Gasteiger partial charge is 0.256 e. The fourth-order valence-corrected chi connectivity index (χ4v) is 2.82. The Morgan fingerprint density at radius 3 is 2.95 bits per heavy atom. The monoisotopic (exact) mass is 334 g/mol. The molecule has 21 heavy (non-hydrogen) atoms. The molecule has 0 aliphatic carbocycles. The van der Waals surface area contributed by atoms with Gasteiger partial charge in [-0.15, -0.1) is 16.8 Å². The van der Waals surface area contributed by atoms with E-state index in [0.29, 0.717) is 19.6 Å². The van der Waals surface area contributed by atoms with Gasteiger partial charge in [-0.05, 0) is 24.6 Å². The van der Waals surface area contributed by atoms with Gasteiger partial charge < -0.3 is 16.0 Å². The van der Waals surface area contributed by atoms with Crippen molar-refractivity contribution in [1.82, 2.24) is 10.2 Å². The number of nitrogens with two attached hydrogens (primary N) is 1. The fourth-order valence-electron chi connectivity index (χ4n) is 1.84. The Balaban J connectivity index is 0.00000220. The first-order chi connectivity index (χ1) is 9.43. The number of rotatable bonds is 4. The van der Waals surface area contributed by atoms with Crippen LogP contribution < -0.4 is 11.1 Å². The third-order valence-electron chi connectivity index (χ3n) is 3.12.